The number of ether oxygens (including phenoxy) is 3. The average Bonchev–Trinajstić information content (AvgIpc) is 3.10. The molecule has 0 saturated heterocycles. The van der Waals surface area contributed by atoms with Crippen LogP contribution in [0.2, 0.25) is 0 Å². The average molecular weight is 514 g/mol. The standard InChI is InChI=1S/C27H31NO7S/c1-6-17(30)8-12-24(32)35-22-13-16-7-10-20(28-15(2)29)19-14-21(31)23(36-5)11-9-18(19)25(16)27(34-4)26(22)33-3/h9,11,13-14,20H,6-8,10,12H2,1-5H3,(H,28,29)/t20-/m0/s1. The molecule has 0 spiro atoms. The SMILES string of the molecule is CCC(=O)CCC(=O)Oc1cc2c(c(OC)c1OC)-c1ccc(SC)c(=O)cc1[C@@H](NC(C)=O)CC2. The van der Waals surface area contributed by atoms with Crippen molar-refractivity contribution in [2.45, 2.75) is 56.9 Å². The van der Waals surface area contributed by atoms with Gasteiger partial charge in [0.1, 0.15) is 5.78 Å². The van der Waals surface area contributed by atoms with E-state index in [2.05, 4.69) is 5.32 Å². The number of benzene rings is 1. The molecule has 0 unspecified atom stereocenters. The molecule has 1 amide bonds. The maximum atomic E-state index is 12.9. The second-order valence-electron chi connectivity index (χ2n) is 8.41. The van der Waals surface area contributed by atoms with Crippen LogP contribution in [-0.4, -0.2) is 38.1 Å². The molecule has 1 aliphatic carbocycles. The molecule has 0 saturated carbocycles. The number of amides is 1. The van der Waals surface area contributed by atoms with Gasteiger partial charge >= 0.3 is 5.97 Å². The van der Waals surface area contributed by atoms with Gasteiger partial charge < -0.3 is 19.5 Å². The predicted octanol–water partition coefficient (Wildman–Crippen LogP) is 4.24. The third kappa shape index (κ3) is 5.90. The number of carbonyl (C=O) groups is 3. The quantitative estimate of drug-likeness (QED) is 0.301. The Morgan fingerprint density at radius 2 is 1.81 bits per heavy atom. The topological polar surface area (TPSA) is 108 Å². The first kappa shape index (κ1) is 27.3. The number of ketones is 1. The summed E-state index contributed by atoms with van der Waals surface area (Å²) in [7, 11) is 2.95. The van der Waals surface area contributed by atoms with E-state index in [0.29, 0.717) is 41.0 Å². The van der Waals surface area contributed by atoms with Crippen LogP contribution in [0.25, 0.3) is 11.1 Å². The Morgan fingerprint density at radius 1 is 1.08 bits per heavy atom. The number of methoxy groups -OCH3 is 2. The molecular formula is C27H31NO7S. The highest BCUT2D eigenvalue weighted by Crippen LogP contribution is 2.50. The van der Waals surface area contributed by atoms with E-state index in [1.54, 1.807) is 25.1 Å². The Morgan fingerprint density at radius 3 is 2.42 bits per heavy atom. The van der Waals surface area contributed by atoms with E-state index in [1.165, 1.54) is 32.9 Å². The number of nitrogens with one attached hydrogen (secondary N) is 1. The van der Waals surface area contributed by atoms with Crippen molar-refractivity contribution < 1.29 is 28.6 Å². The van der Waals surface area contributed by atoms with E-state index < -0.39 is 12.0 Å². The van der Waals surface area contributed by atoms with Crippen molar-refractivity contribution in [1.29, 1.82) is 0 Å². The maximum Gasteiger partial charge on any atom is 0.311 e. The number of rotatable bonds is 9. The summed E-state index contributed by atoms with van der Waals surface area (Å²) >= 11 is 1.35. The highest BCUT2D eigenvalue weighted by molar-refractivity contribution is 7.98. The second kappa shape index (κ2) is 12.1. The maximum absolute atomic E-state index is 12.9. The molecule has 2 aromatic rings. The molecule has 36 heavy (non-hydrogen) atoms. The van der Waals surface area contributed by atoms with E-state index in [9.17, 15) is 19.2 Å². The number of esters is 1. The van der Waals surface area contributed by atoms with Gasteiger partial charge in [0.05, 0.1) is 31.6 Å². The van der Waals surface area contributed by atoms with Crippen molar-refractivity contribution in [3.8, 4) is 28.4 Å². The molecular weight excluding hydrogens is 482 g/mol. The zero-order valence-corrected chi connectivity index (χ0v) is 22.0. The largest absolute Gasteiger partial charge is 0.492 e. The minimum atomic E-state index is -0.547. The van der Waals surface area contributed by atoms with Crippen LogP contribution in [0.15, 0.2) is 34.0 Å². The van der Waals surface area contributed by atoms with Gasteiger partial charge in [0, 0.05) is 25.3 Å². The Balaban J connectivity index is 2.21. The van der Waals surface area contributed by atoms with Crippen molar-refractivity contribution in [3.63, 3.8) is 0 Å². The molecule has 0 aromatic heterocycles. The van der Waals surface area contributed by atoms with Crippen LogP contribution in [0.5, 0.6) is 17.2 Å². The van der Waals surface area contributed by atoms with E-state index in [-0.39, 0.29) is 41.5 Å². The van der Waals surface area contributed by atoms with Crippen LogP contribution in [0.1, 0.15) is 56.7 Å². The van der Waals surface area contributed by atoms with E-state index in [1.807, 2.05) is 12.3 Å². The molecule has 0 fully saturated rings. The van der Waals surface area contributed by atoms with Gasteiger partial charge in [-0.25, -0.2) is 0 Å². The van der Waals surface area contributed by atoms with E-state index in [0.717, 1.165) is 11.1 Å². The summed E-state index contributed by atoms with van der Waals surface area (Å²) in [6.07, 6.45) is 3.30. The van der Waals surface area contributed by atoms with Crippen LogP contribution in [-0.2, 0) is 20.8 Å². The Kier molecular flexibility index (Phi) is 9.14. The van der Waals surface area contributed by atoms with Crippen LogP contribution in [0, 0.1) is 0 Å². The smallest absolute Gasteiger partial charge is 0.311 e. The van der Waals surface area contributed by atoms with Crippen molar-refractivity contribution in [1.82, 2.24) is 5.32 Å². The molecule has 0 heterocycles. The summed E-state index contributed by atoms with van der Waals surface area (Å²) in [5.41, 5.74) is 2.79. The zero-order chi connectivity index (χ0) is 26.4. The van der Waals surface area contributed by atoms with Crippen LogP contribution in [0.4, 0.5) is 0 Å². The molecule has 8 nitrogen and oxygen atoms in total. The second-order valence-corrected chi connectivity index (χ2v) is 9.26. The summed E-state index contributed by atoms with van der Waals surface area (Å²) in [5.74, 6) is 0.00673. The predicted molar refractivity (Wildman–Crippen MR) is 138 cm³/mol. The molecule has 2 aromatic carbocycles. The zero-order valence-electron chi connectivity index (χ0n) is 21.2. The molecule has 0 aliphatic heterocycles. The number of aryl methyl sites for hydroxylation is 1. The number of fused-ring (bicyclic) bond motifs is 3. The molecule has 0 bridgehead atoms. The Bertz CT molecular complexity index is 1240. The van der Waals surface area contributed by atoms with Crippen LogP contribution < -0.4 is 25.0 Å². The van der Waals surface area contributed by atoms with E-state index >= 15 is 0 Å². The lowest BCUT2D eigenvalue weighted by Gasteiger charge is -2.20. The fourth-order valence-electron chi connectivity index (χ4n) is 4.38. The van der Waals surface area contributed by atoms with Gasteiger partial charge in [-0.15, -0.1) is 11.8 Å². The molecule has 3 rings (SSSR count). The van der Waals surface area contributed by atoms with Crippen molar-refractivity contribution in [2.24, 2.45) is 0 Å². The first-order chi connectivity index (χ1) is 17.2. The fraction of sp³-hybridized carbons (Fsp3) is 0.407. The minimum Gasteiger partial charge on any atom is -0.492 e. The van der Waals surface area contributed by atoms with Crippen molar-refractivity contribution in [3.05, 3.63) is 45.6 Å². The number of thioether (sulfide) groups is 1. The van der Waals surface area contributed by atoms with Gasteiger partial charge in [-0.3, -0.25) is 19.2 Å². The Hall–Kier alpha value is -3.33. The van der Waals surface area contributed by atoms with Gasteiger partial charge in [0.25, 0.3) is 0 Å². The monoisotopic (exact) mass is 513 g/mol. The third-order valence-corrected chi connectivity index (χ3v) is 6.88. The van der Waals surface area contributed by atoms with Crippen LogP contribution >= 0.6 is 11.8 Å². The third-order valence-electron chi connectivity index (χ3n) is 6.10. The van der Waals surface area contributed by atoms with Gasteiger partial charge in [0.15, 0.2) is 16.9 Å². The lowest BCUT2D eigenvalue weighted by atomic mass is 9.95. The van der Waals surface area contributed by atoms with Gasteiger partial charge in [-0.1, -0.05) is 13.0 Å². The highest BCUT2D eigenvalue weighted by Gasteiger charge is 2.30. The Labute approximate surface area is 214 Å². The number of hydrogen-bond acceptors (Lipinski definition) is 8. The summed E-state index contributed by atoms with van der Waals surface area (Å²) in [6, 6.07) is 6.52. The number of Topliss-reactive ketones (excluding diaryl/α,β-unsaturated/α-hetero) is 1. The molecule has 192 valence electrons. The summed E-state index contributed by atoms with van der Waals surface area (Å²) in [4.78, 5) is 49.6. The lowest BCUT2D eigenvalue weighted by Crippen LogP contribution is -2.26. The first-order valence-electron chi connectivity index (χ1n) is 11.7. The van der Waals surface area contributed by atoms with E-state index in [4.69, 9.17) is 14.2 Å². The normalized spacial score (nSPS) is 14.1. The van der Waals surface area contributed by atoms with Crippen LogP contribution in [0.3, 0.4) is 0 Å². The van der Waals surface area contributed by atoms with Crippen molar-refractivity contribution in [2.75, 3.05) is 20.5 Å². The highest BCUT2D eigenvalue weighted by atomic mass is 32.2. The summed E-state index contributed by atoms with van der Waals surface area (Å²) < 4.78 is 17.0. The summed E-state index contributed by atoms with van der Waals surface area (Å²) in [5, 5.41) is 2.96. The van der Waals surface area contributed by atoms with Crippen molar-refractivity contribution >= 4 is 29.4 Å². The molecule has 1 atom stereocenters. The minimum absolute atomic E-state index is 0.0192. The molecule has 1 aliphatic rings. The fourth-order valence-corrected chi connectivity index (χ4v) is 4.84. The van der Waals surface area contributed by atoms with Gasteiger partial charge in [-0.05, 0) is 54.0 Å². The van der Waals surface area contributed by atoms with Gasteiger partial charge in [-0.2, -0.15) is 0 Å². The summed E-state index contributed by atoms with van der Waals surface area (Å²) in [6.45, 7) is 3.19. The first-order valence-corrected chi connectivity index (χ1v) is 13.0. The molecule has 0 radical (unpaired) electrons. The molecule has 9 heteroatoms. The number of carbonyl (C=O) groups excluding carboxylic acids is 3. The number of hydrogen-bond donors (Lipinski definition) is 1. The van der Waals surface area contributed by atoms with Gasteiger partial charge in [0.2, 0.25) is 11.7 Å². The molecule has 1 N–H and O–H groups in total. The lowest BCUT2D eigenvalue weighted by molar-refractivity contribution is -0.136.